The highest BCUT2D eigenvalue weighted by atomic mass is 16.3. The minimum absolute atomic E-state index is 0.871. The van der Waals surface area contributed by atoms with Crippen molar-refractivity contribution in [2.45, 2.75) is 26.4 Å². The first-order valence-electron chi connectivity index (χ1n) is 5.14. The van der Waals surface area contributed by atoms with Gasteiger partial charge in [-0.05, 0) is 33.1 Å². The summed E-state index contributed by atoms with van der Waals surface area (Å²) in [6.45, 7) is 5.01. The van der Waals surface area contributed by atoms with E-state index in [2.05, 4.69) is 17.1 Å². The smallest absolute Gasteiger partial charge is 0.122 e. The fraction of sp³-hybridized carbons (Fsp3) is 0.636. The maximum atomic E-state index is 5.42. The van der Waals surface area contributed by atoms with Gasteiger partial charge in [-0.1, -0.05) is 6.92 Å². The highest BCUT2D eigenvalue weighted by Gasteiger charge is 2.06. The summed E-state index contributed by atoms with van der Waals surface area (Å²) in [5, 5.41) is 3.37. The SMILES string of the molecule is CCCNCc1ccoc1CN(C)C. The number of hydrogen-bond acceptors (Lipinski definition) is 3. The van der Waals surface area contributed by atoms with Crippen molar-refractivity contribution in [3.05, 3.63) is 23.7 Å². The van der Waals surface area contributed by atoms with Gasteiger partial charge in [0.05, 0.1) is 12.8 Å². The molecule has 3 heteroatoms. The van der Waals surface area contributed by atoms with Crippen molar-refractivity contribution in [1.29, 1.82) is 0 Å². The summed E-state index contributed by atoms with van der Waals surface area (Å²) in [6, 6.07) is 2.04. The van der Waals surface area contributed by atoms with E-state index in [9.17, 15) is 0 Å². The van der Waals surface area contributed by atoms with Crippen LogP contribution in [0.1, 0.15) is 24.7 Å². The van der Waals surface area contributed by atoms with Gasteiger partial charge in [0.25, 0.3) is 0 Å². The molecule has 0 atom stereocenters. The van der Waals surface area contributed by atoms with Crippen molar-refractivity contribution in [3.63, 3.8) is 0 Å². The summed E-state index contributed by atoms with van der Waals surface area (Å²) in [5.74, 6) is 1.07. The van der Waals surface area contributed by atoms with E-state index in [1.54, 1.807) is 6.26 Å². The van der Waals surface area contributed by atoms with Crippen molar-refractivity contribution in [2.75, 3.05) is 20.6 Å². The molecule has 0 aliphatic carbocycles. The van der Waals surface area contributed by atoms with E-state index in [4.69, 9.17) is 4.42 Å². The third-order valence-electron chi connectivity index (χ3n) is 2.04. The molecule has 0 radical (unpaired) electrons. The molecular weight excluding hydrogens is 176 g/mol. The van der Waals surface area contributed by atoms with Gasteiger partial charge in [-0.25, -0.2) is 0 Å². The van der Waals surface area contributed by atoms with E-state index in [-0.39, 0.29) is 0 Å². The summed E-state index contributed by atoms with van der Waals surface area (Å²) in [5.41, 5.74) is 1.27. The average Bonchev–Trinajstić information content (AvgIpc) is 2.52. The molecule has 0 saturated carbocycles. The molecule has 1 heterocycles. The Labute approximate surface area is 86.1 Å². The monoisotopic (exact) mass is 196 g/mol. The van der Waals surface area contributed by atoms with Gasteiger partial charge in [0, 0.05) is 12.1 Å². The van der Waals surface area contributed by atoms with Gasteiger partial charge in [0.1, 0.15) is 5.76 Å². The summed E-state index contributed by atoms with van der Waals surface area (Å²) in [4.78, 5) is 2.11. The zero-order valence-corrected chi connectivity index (χ0v) is 9.34. The number of furan rings is 1. The maximum Gasteiger partial charge on any atom is 0.122 e. The Balaban J connectivity index is 2.45. The van der Waals surface area contributed by atoms with Crippen LogP contribution in [0, 0.1) is 0 Å². The zero-order chi connectivity index (χ0) is 10.4. The molecule has 14 heavy (non-hydrogen) atoms. The van der Waals surface area contributed by atoms with Gasteiger partial charge < -0.3 is 14.6 Å². The summed E-state index contributed by atoms with van der Waals surface area (Å²) in [7, 11) is 4.09. The van der Waals surface area contributed by atoms with Crippen molar-refractivity contribution in [2.24, 2.45) is 0 Å². The third-order valence-corrected chi connectivity index (χ3v) is 2.04. The van der Waals surface area contributed by atoms with Crippen LogP contribution >= 0.6 is 0 Å². The number of hydrogen-bond donors (Lipinski definition) is 1. The predicted molar refractivity (Wildman–Crippen MR) is 58.1 cm³/mol. The second kappa shape index (κ2) is 5.83. The quantitative estimate of drug-likeness (QED) is 0.704. The molecule has 0 aromatic carbocycles. The lowest BCUT2D eigenvalue weighted by Gasteiger charge is -2.09. The molecule has 0 saturated heterocycles. The Kier molecular flexibility index (Phi) is 4.70. The molecule has 0 spiro atoms. The van der Waals surface area contributed by atoms with Gasteiger partial charge in [-0.15, -0.1) is 0 Å². The van der Waals surface area contributed by atoms with Gasteiger partial charge in [0.15, 0.2) is 0 Å². The molecule has 80 valence electrons. The van der Waals surface area contributed by atoms with Crippen LogP contribution in [0.3, 0.4) is 0 Å². The molecule has 0 fully saturated rings. The minimum atomic E-state index is 0.871. The fourth-order valence-corrected chi connectivity index (χ4v) is 1.35. The Bertz CT molecular complexity index is 256. The van der Waals surface area contributed by atoms with E-state index < -0.39 is 0 Å². The molecule has 0 bridgehead atoms. The highest BCUT2D eigenvalue weighted by Crippen LogP contribution is 2.11. The number of nitrogens with one attached hydrogen (secondary N) is 1. The molecule has 0 amide bonds. The number of rotatable bonds is 6. The van der Waals surface area contributed by atoms with E-state index >= 15 is 0 Å². The van der Waals surface area contributed by atoms with Crippen molar-refractivity contribution >= 4 is 0 Å². The molecular formula is C11H20N2O. The molecule has 0 unspecified atom stereocenters. The molecule has 1 aromatic heterocycles. The Morgan fingerprint density at radius 3 is 2.86 bits per heavy atom. The maximum absolute atomic E-state index is 5.42. The van der Waals surface area contributed by atoms with Crippen molar-refractivity contribution in [3.8, 4) is 0 Å². The Morgan fingerprint density at radius 1 is 1.43 bits per heavy atom. The van der Waals surface area contributed by atoms with Gasteiger partial charge in [0.2, 0.25) is 0 Å². The Hall–Kier alpha value is -0.800. The largest absolute Gasteiger partial charge is 0.468 e. The van der Waals surface area contributed by atoms with Gasteiger partial charge in [-0.2, -0.15) is 0 Å². The standard InChI is InChI=1S/C11H20N2O/c1-4-6-12-8-10-5-7-14-11(10)9-13(2)3/h5,7,12H,4,6,8-9H2,1-3H3. The van der Waals surface area contributed by atoms with E-state index in [0.29, 0.717) is 0 Å². The average molecular weight is 196 g/mol. The van der Waals surface area contributed by atoms with E-state index in [1.165, 1.54) is 12.0 Å². The summed E-state index contributed by atoms with van der Waals surface area (Å²) >= 11 is 0. The van der Waals surface area contributed by atoms with Crippen LogP contribution in [0.15, 0.2) is 16.7 Å². The first kappa shape index (κ1) is 11.3. The van der Waals surface area contributed by atoms with Crippen LogP contribution in [-0.4, -0.2) is 25.5 Å². The van der Waals surface area contributed by atoms with Crippen LogP contribution in [0.2, 0.25) is 0 Å². The second-order valence-corrected chi connectivity index (χ2v) is 3.78. The van der Waals surface area contributed by atoms with Gasteiger partial charge >= 0.3 is 0 Å². The molecule has 1 N–H and O–H groups in total. The third kappa shape index (κ3) is 3.52. The molecule has 0 aliphatic rings. The van der Waals surface area contributed by atoms with Crippen LogP contribution in [0.4, 0.5) is 0 Å². The van der Waals surface area contributed by atoms with E-state index in [1.807, 2.05) is 20.2 Å². The lowest BCUT2D eigenvalue weighted by molar-refractivity contribution is 0.347. The molecule has 1 aromatic rings. The lowest BCUT2D eigenvalue weighted by atomic mass is 10.2. The lowest BCUT2D eigenvalue weighted by Crippen LogP contribution is -2.16. The van der Waals surface area contributed by atoms with E-state index in [0.717, 1.165) is 25.4 Å². The van der Waals surface area contributed by atoms with Crippen LogP contribution in [0.5, 0.6) is 0 Å². The summed E-state index contributed by atoms with van der Waals surface area (Å²) < 4.78 is 5.42. The highest BCUT2D eigenvalue weighted by molar-refractivity contribution is 5.16. The Morgan fingerprint density at radius 2 is 2.21 bits per heavy atom. The van der Waals surface area contributed by atoms with Gasteiger partial charge in [-0.3, -0.25) is 0 Å². The molecule has 0 aliphatic heterocycles. The number of nitrogens with zero attached hydrogens (tertiary/aromatic N) is 1. The van der Waals surface area contributed by atoms with Crippen LogP contribution in [-0.2, 0) is 13.1 Å². The molecule has 1 rings (SSSR count). The predicted octanol–water partition coefficient (Wildman–Crippen LogP) is 1.84. The normalized spacial score (nSPS) is 11.1. The van der Waals surface area contributed by atoms with Crippen LogP contribution in [0.25, 0.3) is 0 Å². The van der Waals surface area contributed by atoms with Crippen LogP contribution < -0.4 is 5.32 Å². The van der Waals surface area contributed by atoms with Crippen molar-refractivity contribution < 1.29 is 4.42 Å². The zero-order valence-electron chi connectivity index (χ0n) is 9.34. The molecule has 3 nitrogen and oxygen atoms in total. The first-order valence-corrected chi connectivity index (χ1v) is 5.14. The first-order chi connectivity index (χ1) is 6.74. The second-order valence-electron chi connectivity index (χ2n) is 3.78. The topological polar surface area (TPSA) is 28.4 Å². The fourth-order valence-electron chi connectivity index (χ4n) is 1.35. The van der Waals surface area contributed by atoms with Crippen molar-refractivity contribution in [1.82, 2.24) is 10.2 Å². The summed E-state index contributed by atoms with van der Waals surface area (Å²) in [6.07, 6.45) is 2.93. The minimum Gasteiger partial charge on any atom is -0.468 e.